The lowest BCUT2D eigenvalue weighted by Crippen LogP contribution is -2.11. The van der Waals surface area contributed by atoms with Crippen LogP contribution in [0.2, 0.25) is 0 Å². The zero-order chi connectivity index (χ0) is 15.0. The molecule has 3 heteroatoms. The molecule has 1 aromatic rings. The van der Waals surface area contributed by atoms with Crippen LogP contribution in [0.15, 0.2) is 30.3 Å². The summed E-state index contributed by atoms with van der Waals surface area (Å²) in [6.45, 7) is 7.97. The number of rotatable bonds is 7. The van der Waals surface area contributed by atoms with Gasteiger partial charge in [-0.1, -0.05) is 32.0 Å². The van der Waals surface area contributed by atoms with Crippen LogP contribution in [-0.2, 0) is 9.53 Å². The Morgan fingerprint density at radius 3 is 2.45 bits per heavy atom. The molecule has 0 N–H and O–H groups in total. The molecule has 0 radical (unpaired) electrons. The summed E-state index contributed by atoms with van der Waals surface area (Å²) in [4.78, 5) is 11.6. The largest absolute Gasteiger partial charge is 0.490 e. The second-order valence-corrected chi connectivity index (χ2v) is 4.86. The summed E-state index contributed by atoms with van der Waals surface area (Å²) in [7, 11) is 0. The van der Waals surface area contributed by atoms with Crippen molar-refractivity contribution in [2.45, 2.75) is 52.7 Å². The van der Waals surface area contributed by atoms with Gasteiger partial charge in [-0.25, -0.2) is 4.79 Å². The van der Waals surface area contributed by atoms with Crippen molar-refractivity contribution in [2.24, 2.45) is 0 Å². The Bertz CT molecular complexity index is 451. The van der Waals surface area contributed by atoms with Crippen LogP contribution in [-0.4, -0.2) is 18.2 Å². The summed E-state index contributed by atoms with van der Waals surface area (Å²) in [6.07, 6.45) is 5.03. The first-order valence-corrected chi connectivity index (χ1v) is 7.21. The Hall–Kier alpha value is -1.77. The molecule has 1 aromatic carbocycles. The number of carbonyl (C=O) groups excluding carboxylic acids is 1. The predicted molar refractivity (Wildman–Crippen MR) is 81.7 cm³/mol. The Labute approximate surface area is 121 Å². The molecule has 0 fully saturated rings. The molecule has 0 heterocycles. The van der Waals surface area contributed by atoms with E-state index in [0.29, 0.717) is 0 Å². The molecule has 20 heavy (non-hydrogen) atoms. The number of benzene rings is 1. The van der Waals surface area contributed by atoms with Crippen LogP contribution in [0.3, 0.4) is 0 Å². The van der Waals surface area contributed by atoms with Gasteiger partial charge in [0.25, 0.3) is 0 Å². The summed E-state index contributed by atoms with van der Waals surface area (Å²) in [6, 6.07) is 7.67. The van der Waals surface area contributed by atoms with Gasteiger partial charge >= 0.3 is 5.97 Å². The molecule has 0 aliphatic carbocycles. The topological polar surface area (TPSA) is 35.5 Å². The number of ether oxygens (including phenoxy) is 2. The van der Waals surface area contributed by atoms with E-state index in [4.69, 9.17) is 9.47 Å². The molecule has 0 amide bonds. The van der Waals surface area contributed by atoms with E-state index in [0.717, 1.165) is 24.2 Å². The minimum atomic E-state index is -0.322. The van der Waals surface area contributed by atoms with E-state index in [-0.39, 0.29) is 18.2 Å². The van der Waals surface area contributed by atoms with Crippen LogP contribution < -0.4 is 4.74 Å². The fraction of sp³-hybridized carbons (Fsp3) is 0.471. The Balaban J connectivity index is 2.74. The van der Waals surface area contributed by atoms with Gasteiger partial charge in [0, 0.05) is 11.6 Å². The first-order chi connectivity index (χ1) is 9.56. The van der Waals surface area contributed by atoms with Crippen molar-refractivity contribution >= 4 is 12.0 Å². The van der Waals surface area contributed by atoms with E-state index in [1.807, 2.05) is 45.0 Å². The lowest BCUT2D eigenvalue weighted by molar-refractivity contribution is -0.142. The van der Waals surface area contributed by atoms with Crippen molar-refractivity contribution in [3.05, 3.63) is 35.9 Å². The minimum absolute atomic E-state index is 0.0567. The van der Waals surface area contributed by atoms with E-state index in [9.17, 15) is 4.79 Å². The molecule has 0 aromatic heterocycles. The van der Waals surface area contributed by atoms with Crippen molar-refractivity contribution in [3.8, 4) is 5.75 Å². The molecular weight excluding hydrogens is 252 g/mol. The summed E-state index contributed by atoms with van der Waals surface area (Å²) in [5.41, 5.74) is 0.883. The SMILES string of the molecule is CCC(C)OC(=O)/C=C/c1ccccc1OC(C)CC. The van der Waals surface area contributed by atoms with Gasteiger partial charge in [0.2, 0.25) is 0 Å². The lowest BCUT2D eigenvalue weighted by atomic mass is 10.2. The van der Waals surface area contributed by atoms with Gasteiger partial charge in [-0.3, -0.25) is 0 Å². The van der Waals surface area contributed by atoms with Gasteiger partial charge in [-0.05, 0) is 38.8 Å². The number of esters is 1. The van der Waals surface area contributed by atoms with Crippen LogP contribution in [0.25, 0.3) is 6.08 Å². The van der Waals surface area contributed by atoms with Gasteiger partial charge in [0.1, 0.15) is 5.75 Å². The maximum atomic E-state index is 11.6. The Morgan fingerprint density at radius 2 is 1.80 bits per heavy atom. The minimum Gasteiger partial charge on any atom is -0.490 e. The molecule has 2 atom stereocenters. The maximum Gasteiger partial charge on any atom is 0.331 e. The van der Waals surface area contributed by atoms with E-state index >= 15 is 0 Å². The zero-order valence-corrected chi connectivity index (χ0v) is 12.8. The number of hydrogen-bond acceptors (Lipinski definition) is 3. The average Bonchev–Trinajstić information content (AvgIpc) is 2.46. The predicted octanol–water partition coefficient (Wildman–Crippen LogP) is 4.22. The summed E-state index contributed by atoms with van der Waals surface area (Å²) < 4.78 is 11.0. The van der Waals surface area contributed by atoms with Gasteiger partial charge in [0.15, 0.2) is 0 Å². The lowest BCUT2D eigenvalue weighted by Gasteiger charge is -2.14. The van der Waals surface area contributed by atoms with E-state index in [1.165, 1.54) is 6.08 Å². The van der Waals surface area contributed by atoms with E-state index in [2.05, 4.69) is 6.92 Å². The molecule has 110 valence electrons. The van der Waals surface area contributed by atoms with Crippen molar-refractivity contribution in [1.29, 1.82) is 0 Å². The van der Waals surface area contributed by atoms with Crippen molar-refractivity contribution < 1.29 is 14.3 Å². The monoisotopic (exact) mass is 276 g/mol. The Kier molecular flexibility index (Phi) is 6.85. The molecule has 0 saturated carbocycles. The Morgan fingerprint density at radius 1 is 1.15 bits per heavy atom. The highest BCUT2D eigenvalue weighted by molar-refractivity contribution is 5.87. The smallest absolute Gasteiger partial charge is 0.331 e. The molecule has 0 spiro atoms. The fourth-order valence-corrected chi connectivity index (χ4v) is 1.50. The quantitative estimate of drug-likeness (QED) is 0.552. The molecule has 0 aliphatic rings. The molecule has 3 nitrogen and oxygen atoms in total. The highest BCUT2D eigenvalue weighted by Crippen LogP contribution is 2.21. The second-order valence-electron chi connectivity index (χ2n) is 4.86. The van der Waals surface area contributed by atoms with Crippen molar-refractivity contribution in [2.75, 3.05) is 0 Å². The van der Waals surface area contributed by atoms with Gasteiger partial charge < -0.3 is 9.47 Å². The molecule has 1 rings (SSSR count). The van der Waals surface area contributed by atoms with Gasteiger partial charge in [-0.2, -0.15) is 0 Å². The fourth-order valence-electron chi connectivity index (χ4n) is 1.50. The summed E-state index contributed by atoms with van der Waals surface area (Å²) in [5.74, 6) is 0.465. The zero-order valence-electron chi connectivity index (χ0n) is 12.8. The first-order valence-electron chi connectivity index (χ1n) is 7.21. The molecule has 0 saturated heterocycles. The summed E-state index contributed by atoms with van der Waals surface area (Å²) >= 11 is 0. The van der Waals surface area contributed by atoms with Gasteiger partial charge in [0.05, 0.1) is 12.2 Å². The third kappa shape index (κ3) is 5.47. The van der Waals surface area contributed by atoms with Crippen LogP contribution in [0.4, 0.5) is 0 Å². The summed E-state index contributed by atoms with van der Waals surface area (Å²) in [5, 5.41) is 0. The van der Waals surface area contributed by atoms with Crippen molar-refractivity contribution in [1.82, 2.24) is 0 Å². The molecule has 0 aliphatic heterocycles. The highest BCUT2D eigenvalue weighted by Gasteiger charge is 2.06. The van der Waals surface area contributed by atoms with E-state index in [1.54, 1.807) is 6.08 Å². The number of para-hydroxylation sites is 1. The second kappa shape index (κ2) is 8.41. The van der Waals surface area contributed by atoms with E-state index < -0.39 is 0 Å². The maximum absolute atomic E-state index is 11.6. The molecule has 0 bridgehead atoms. The number of hydrogen-bond donors (Lipinski definition) is 0. The van der Waals surface area contributed by atoms with Crippen LogP contribution in [0.5, 0.6) is 5.75 Å². The van der Waals surface area contributed by atoms with Crippen LogP contribution in [0, 0.1) is 0 Å². The molecular formula is C17H24O3. The highest BCUT2D eigenvalue weighted by atomic mass is 16.5. The van der Waals surface area contributed by atoms with Crippen LogP contribution >= 0.6 is 0 Å². The third-order valence-corrected chi connectivity index (χ3v) is 3.11. The third-order valence-electron chi connectivity index (χ3n) is 3.11. The average molecular weight is 276 g/mol. The van der Waals surface area contributed by atoms with Gasteiger partial charge in [-0.15, -0.1) is 0 Å². The normalized spacial score (nSPS) is 14.0. The standard InChI is InChI=1S/C17H24O3/c1-5-13(3)19-16-10-8-7-9-15(16)11-12-17(18)20-14(4)6-2/h7-14H,5-6H2,1-4H3/b12-11+. The van der Waals surface area contributed by atoms with Crippen LogP contribution in [0.1, 0.15) is 46.1 Å². The first kappa shape index (κ1) is 16.3. The molecule has 2 unspecified atom stereocenters. The van der Waals surface area contributed by atoms with Crippen molar-refractivity contribution in [3.63, 3.8) is 0 Å². The number of carbonyl (C=O) groups is 1.